The quantitative estimate of drug-likeness (QED) is 0.817. The first-order chi connectivity index (χ1) is 11.5. The Morgan fingerprint density at radius 1 is 1.12 bits per heavy atom. The molecule has 0 unspecified atom stereocenters. The lowest BCUT2D eigenvalue weighted by Crippen LogP contribution is -2.29. The van der Waals surface area contributed by atoms with E-state index in [0.717, 1.165) is 4.31 Å². The van der Waals surface area contributed by atoms with E-state index < -0.39 is 15.9 Å². The average molecular weight is 366 g/mol. The second-order valence-corrected chi connectivity index (χ2v) is 7.65. The minimum absolute atomic E-state index is 0.0265. The molecule has 0 N–H and O–H groups in total. The van der Waals surface area contributed by atoms with E-state index in [0.29, 0.717) is 35.3 Å². The molecule has 0 radical (unpaired) electrons. The molecule has 6 nitrogen and oxygen atoms in total. The zero-order chi connectivity index (χ0) is 16.9. The third-order valence-electron chi connectivity index (χ3n) is 3.89. The average Bonchev–Trinajstić information content (AvgIpc) is 2.76. The number of halogens is 1. The summed E-state index contributed by atoms with van der Waals surface area (Å²) in [6.45, 7) is 0.672. The molecule has 2 aromatic carbocycles. The second-order valence-electron chi connectivity index (χ2n) is 5.41. The van der Waals surface area contributed by atoms with Crippen LogP contribution in [0.5, 0.6) is 11.5 Å². The van der Waals surface area contributed by atoms with Gasteiger partial charge in [-0.05, 0) is 29.8 Å². The summed E-state index contributed by atoms with van der Waals surface area (Å²) in [6.07, 6.45) is 0. The van der Waals surface area contributed by atoms with Crippen LogP contribution in [0.2, 0.25) is 5.02 Å². The maximum atomic E-state index is 12.6. The van der Waals surface area contributed by atoms with Crippen molar-refractivity contribution in [2.24, 2.45) is 0 Å². The number of ether oxygens (including phenoxy) is 2. The summed E-state index contributed by atoms with van der Waals surface area (Å²) in [5.41, 5.74) is 0.732. The number of amides is 1. The zero-order valence-corrected chi connectivity index (χ0v) is 13.9. The van der Waals surface area contributed by atoms with Crippen molar-refractivity contribution in [1.29, 1.82) is 0 Å². The van der Waals surface area contributed by atoms with Gasteiger partial charge in [-0.3, -0.25) is 4.79 Å². The summed E-state index contributed by atoms with van der Waals surface area (Å²) in [7, 11) is -3.86. The molecule has 1 amide bonds. The van der Waals surface area contributed by atoms with Gasteiger partial charge in [-0.25, -0.2) is 12.7 Å². The lowest BCUT2D eigenvalue weighted by atomic mass is 10.1. The Morgan fingerprint density at radius 2 is 1.88 bits per heavy atom. The van der Waals surface area contributed by atoms with Gasteiger partial charge < -0.3 is 9.47 Å². The van der Waals surface area contributed by atoms with Crippen molar-refractivity contribution < 1.29 is 22.7 Å². The van der Waals surface area contributed by atoms with E-state index in [4.69, 9.17) is 21.1 Å². The van der Waals surface area contributed by atoms with Crippen molar-refractivity contribution >= 4 is 27.5 Å². The zero-order valence-electron chi connectivity index (χ0n) is 12.4. The molecule has 0 saturated carbocycles. The summed E-state index contributed by atoms with van der Waals surface area (Å²) < 4.78 is 36.9. The number of fused-ring (bicyclic) bond motifs is 2. The van der Waals surface area contributed by atoms with Gasteiger partial charge in [-0.15, -0.1) is 0 Å². The minimum Gasteiger partial charge on any atom is -0.486 e. The molecular formula is C16H12ClNO5S. The summed E-state index contributed by atoms with van der Waals surface area (Å²) in [5, 5.41) is 0.323. The first-order valence-electron chi connectivity index (χ1n) is 7.22. The smallest absolute Gasteiger partial charge is 0.269 e. The van der Waals surface area contributed by atoms with E-state index in [1.165, 1.54) is 12.1 Å². The van der Waals surface area contributed by atoms with Crippen LogP contribution in [0, 0.1) is 0 Å². The van der Waals surface area contributed by atoms with Crippen LogP contribution in [0.1, 0.15) is 15.9 Å². The van der Waals surface area contributed by atoms with Gasteiger partial charge >= 0.3 is 0 Å². The standard InChI is InChI=1S/C16H12ClNO5S/c17-12-7-10(8-13-15(12)23-6-5-22-13)9-18-16(19)11-3-1-2-4-14(11)24(18,20)21/h1-4,7-8H,5-6,9H2. The molecule has 0 aliphatic carbocycles. The number of hydrogen-bond donors (Lipinski definition) is 0. The Kier molecular flexibility index (Phi) is 3.43. The van der Waals surface area contributed by atoms with E-state index in [-0.39, 0.29) is 17.0 Å². The molecule has 24 heavy (non-hydrogen) atoms. The van der Waals surface area contributed by atoms with Crippen LogP contribution < -0.4 is 9.47 Å². The van der Waals surface area contributed by atoms with Crippen molar-refractivity contribution in [3.63, 3.8) is 0 Å². The Morgan fingerprint density at radius 3 is 2.67 bits per heavy atom. The Balaban J connectivity index is 1.72. The molecule has 0 aromatic heterocycles. The normalized spacial score (nSPS) is 17.7. The van der Waals surface area contributed by atoms with Crippen LogP contribution in [0.4, 0.5) is 0 Å². The number of rotatable bonds is 2. The van der Waals surface area contributed by atoms with Crippen LogP contribution in [0.25, 0.3) is 0 Å². The number of sulfonamides is 1. The van der Waals surface area contributed by atoms with Gasteiger partial charge in [0.15, 0.2) is 11.5 Å². The number of hydrogen-bond acceptors (Lipinski definition) is 5. The highest BCUT2D eigenvalue weighted by Gasteiger charge is 2.40. The SMILES string of the molecule is O=C1c2ccccc2S(=O)(=O)N1Cc1cc(Cl)c2c(c1)OCCO2. The molecule has 0 saturated heterocycles. The lowest BCUT2D eigenvalue weighted by Gasteiger charge is -2.21. The summed E-state index contributed by atoms with van der Waals surface area (Å²) in [6, 6.07) is 9.39. The van der Waals surface area contributed by atoms with Crippen LogP contribution in [-0.2, 0) is 16.6 Å². The Hall–Kier alpha value is -2.25. The molecule has 0 atom stereocenters. The predicted octanol–water partition coefficient (Wildman–Crippen LogP) is 2.46. The van der Waals surface area contributed by atoms with Crippen molar-refractivity contribution in [2.75, 3.05) is 13.2 Å². The fourth-order valence-corrected chi connectivity index (χ4v) is 4.65. The van der Waals surface area contributed by atoms with Crippen molar-refractivity contribution in [2.45, 2.75) is 11.4 Å². The number of benzene rings is 2. The first-order valence-corrected chi connectivity index (χ1v) is 9.04. The molecule has 0 spiro atoms. The van der Waals surface area contributed by atoms with Crippen LogP contribution in [0.15, 0.2) is 41.3 Å². The van der Waals surface area contributed by atoms with E-state index in [9.17, 15) is 13.2 Å². The van der Waals surface area contributed by atoms with Gasteiger partial charge in [-0.1, -0.05) is 23.7 Å². The van der Waals surface area contributed by atoms with Gasteiger partial charge in [0, 0.05) is 0 Å². The highest BCUT2D eigenvalue weighted by atomic mass is 35.5. The Labute approximate surface area is 143 Å². The maximum Gasteiger partial charge on any atom is 0.269 e. The van der Waals surface area contributed by atoms with Gasteiger partial charge in [-0.2, -0.15) is 0 Å². The third kappa shape index (κ3) is 2.23. The lowest BCUT2D eigenvalue weighted by molar-refractivity contribution is 0.0864. The molecule has 2 aromatic rings. The Bertz CT molecular complexity index is 957. The predicted molar refractivity (Wildman–Crippen MR) is 85.9 cm³/mol. The molecule has 4 rings (SSSR count). The van der Waals surface area contributed by atoms with Crippen LogP contribution >= 0.6 is 11.6 Å². The topological polar surface area (TPSA) is 72.9 Å². The number of carbonyl (C=O) groups is 1. The minimum atomic E-state index is -3.86. The van der Waals surface area contributed by atoms with E-state index in [2.05, 4.69) is 0 Å². The highest BCUT2D eigenvalue weighted by molar-refractivity contribution is 7.90. The largest absolute Gasteiger partial charge is 0.486 e. The van der Waals surface area contributed by atoms with E-state index in [1.807, 2.05) is 0 Å². The molecule has 124 valence electrons. The molecule has 0 bridgehead atoms. The molecule has 2 aliphatic rings. The number of nitrogens with zero attached hydrogens (tertiary/aromatic N) is 1. The monoisotopic (exact) mass is 365 g/mol. The molecule has 2 aliphatic heterocycles. The third-order valence-corrected chi connectivity index (χ3v) is 5.96. The van der Waals surface area contributed by atoms with Crippen molar-refractivity contribution in [3.05, 3.63) is 52.5 Å². The van der Waals surface area contributed by atoms with Gasteiger partial charge in [0.2, 0.25) is 0 Å². The van der Waals surface area contributed by atoms with Gasteiger partial charge in [0.25, 0.3) is 15.9 Å². The molecular weight excluding hydrogens is 354 g/mol. The first kappa shape index (κ1) is 15.3. The van der Waals surface area contributed by atoms with Crippen LogP contribution in [-0.4, -0.2) is 31.8 Å². The molecule has 2 heterocycles. The van der Waals surface area contributed by atoms with Gasteiger partial charge in [0.05, 0.1) is 17.1 Å². The van der Waals surface area contributed by atoms with Crippen molar-refractivity contribution in [3.8, 4) is 11.5 Å². The van der Waals surface area contributed by atoms with Gasteiger partial charge in [0.1, 0.15) is 18.1 Å². The number of carbonyl (C=O) groups excluding carboxylic acids is 1. The maximum absolute atomic E-state index is 12.6. The fraction of sp³-hybridized carbons (Fsp3) is 0.188. The molecule has 8 heteroatoms. The highest BCUT2D eigenvalue weighted by Crippen LogP contribution is 2.39. The summed E-state index contributed by atoms with van der Waals surface area (Å²) >= 11 is 6.17. The second kappa shape index (κ2) is 5.39. The fourth-order valence-electron chi connectivity index (χ4n) is 2.81. The van der Waals surface area contributed by atoms with Crippen molar-refractivity contribution in [1.82, 2.24) is 4.31 Å². The summed E-state index contributed by atoms with van der Waals surface area (Å²) in [4.78, 5) is 12.5. The van der Waals surface area contributed by atoms with E-state index >= 15 is 0 Å². The summed E-state index contributed by atoms with van der Waals surface area (Å²) in [5.74, 6) is 0.340. The van der Waals surface area contributed by atoms with E-state index in [1.54, 1.807) is 24.3 Å². The van der Waals surface area contributed by atoms with Crippen LogP contribution in [0.3, 0.4) is 0 Å². The molecule has 0 fully saturated rings.